The van der Waals surface area contributed by atoms with E-state index < -0.39 is 11.7 Å². The smallest absolute Gasteiger partial charge is 0.254 e. The van der Waals surface area contributed by atoms with E-state index in [9.17, 15) is 9.18 Å². The molecule has 0 saturated carbocycles. The number of hydrogen-bond acceptors (Lipinski definition) is 2. The van der Waals surface area contributed by atoms with Crippen LogP contribution < -0.4 is 11.1 Å². The van der Waals surface area contributed by atoms with E-state index in [0.29, 0.717) is 24.2 Å². The van der Waals surface area contributed by atoms with Crippen molar-refractivity contribution in [3.05, 3.63) is 65.0 Å². The molecule has 1 amide bonds. The number of nitrogens with one attached hydrogen (secondary N) is 1. The quantitative estimate of drug-likeness (QED) is 0.841. The van der Waals surface area contributed by atoms with Crippen molar-refractivity contribution in [2.24, 2.45) is 0 Å². The summed E-state index contributed by atoms with van der Waals surface area (Å²) in [5, 5.41) is 2.71. The highest BCUT2D eigenvalue weighted by molar-refractivity contribution is 5.95. The molecular formula is C16H17FN2O. The average molecular weight is 272 g/mol. The minimum atomic E-state index is -0.517. The Hall–Kier alpha value is -2.36. The number of anilines is 1. The van der Waals surface area contributed by atoms with Crippen molar-refractivity contribution in [1.29, 1.82) is 0 Å². The molecule has 2 aromatic rings. The summed E-state index contributed by atoms with van der Waals surface area (Å²) >= 11 is 0. The van der Waals surface area contributed by atoms with Gasteiger partial charge in [-0.1, -0.05) is 30.3 Å². The summed E-state index contributed by atoms with van der Waals surface area (Å²) < 4.78 is 13.9. The molecule has 0 heterocycles. The summed E-state index contributed by atoms with van der Waals surface area (Å²) in [6.07, 6.45) is 0.704. The predicted octanol–water partition coefficient (Wildman–Crippen LogP) is 2.69. The first kappa shape index (κ1) is 14.1. The molecule has 0 aliphatic carbocycles. The van der Waals surface area contributed by atoms with Gasteiger partial charge in [0.2, 0.25) is 0 Å². The monoisotopic (exact) mass is 272 g/mol. The highest BCUT2D eigenvalue weighted by Gasteiger charge is 2.14. The Morgan fingerprint density at radius 3 is 2.65 bits per heavy atom. The maximum atomic E-state index is 13.9. The minimum Gasteiger partial charge on any atom is -0.399 e. The Morgan fingerprint density at radius 2 is 1.95 bits per heavy atom. The molecule has 4 heteroatoms. The Morgan fingerprint density at radius 1 is 1.25 bits per heavy atom. The molecular weight excluding hydrogens is 255 g/mol. The Labute approximate surface area is 117 Å². The average Bonchev–Trinajstić information content (AvgIpc) is 2.44. The standard InChI is InChI=1S/C16H17FN2O/c1-11-9-13(18)10-14(15(11)17)16(20)19-8-7-12-5-3-2-4-6-12/h2-6,9-10H,7-8,18H2,1H3,(H,19,20). The minimum absolute atomic E-state index is 0.00411. The first-order valence-corrected chi connectivity index (χ1v) is 6.45. The van der Waals surface area contributed by atoms with Gasteiger partial charge in [0.05, 0.1) is 5.56 Å². The maximum absolute atomic E-state index is 13.9. The summed E-state index contributed by atoms with van der Waals surface area (Å²) in [4.78, 5) is 12.0. The Balaban J connectivity index is 1.99. The number of rotatable bonds is 4. The van der Waals surface area contributed by atoms with Crippen LogP contribution in [0.15, 0.2) is 42.5 Å². The van der Waals surface area contributed by atoms with Crippen LogP contribution in [-0.4, -0.2) is 12.5 Å². The summed E-state index contributed by atoms with van der Waals surface area (Å²) in [6.45, 7) is 2.04. The second kappa shape index (κ2) is 6.19. The van der Waals surface area contributed by atoms with Crippen molar-refractivity contribution in [2.75, 3.05) is 12.3 Å². The van der Waals surface area contributed by atoms with Crippen LogP contribution in [0.3, 0.4) is 0 Å². The van der Waals surface area contributed by atoms with Gasteiger partial charge in [0, 0.05) is 12.2 Å². The SMILES string of the molecule is Cc1cc(N)cc(C(=O)NCCc2ccccc2)c1F. The third kappa shape index (κ3) is 3.35. The van der Waals surface area contributed by atoms with Crippen LogP contribution in [-0.2, 0) is 6.42 Å². The largest absolute Gasteiger partial charge is 0.399 e. The molecule has 0 radical (unpaired) electrons. The molecule has 2 aromatic carbocycles. The number of aryl methyl sites for hydroxylation is 1. The molecule has 0 unspecified atom stereocenters. The van der Waals surface area contributed by atoms with Crippen molar-refractivity contribution < 1.29 is 9.18 Å². The molecule has 0 aliphatic heterocycles. The second-order valence-corrected chi connectivity index (χ2v) is 4.69. The van der Waals surface area contributed by atoms with E-state index in [1.54, 1.807) is 6.92 Å². The number of amides is 1. The fraction of sp³-hybridized carbons (Fsp3) is 0.188. The van der Waals surface area contributed by atoms with Gasteiger partial charge in [0.25, 0.3) is 5.91 Å². The van der Waals surface area contributed by atoms with Crippen molar-refractivity contribution in [3.8, 4) is 0 Å². The van der Waals surface area contributed by atoms with E-state index in [-0.39, 0.29) is 5.56 Å². The zero-order valence-electron chi connectivity index (χ0n) is 11.3. The first-order valence-electron chi connectivity index (χ1n) is 6.45. The lowest BCUT2D eigenvalue weighted by molar-refractivity contribution is 0.0950. The van der Waals surface area contributed by atoms with Crippen LogP contribution in [0.5, 0.6) is 0 Å². The van der Waals surface area contributed by atoms with Crippen LogP contribution in [0, 0.1) is 12.7 Å². The molecule has 0 aromatic heterocycles. The van der Waals surface area contributed by atoms with Gasteiger partial charge in [-0.15, -0.1) is 0 Å². The number of nitrogen functional groups attached to an aromatic ring is 1. The van der Waals surface area contributed by atoms with Crippen molar-refractivity contribution >= 4 is 11.6 Å². The van der Waals surface area contributed by atoms with Crippen LogP contribution in [0.1, 0.15) is 21.5 Å². The molecule has 20 heavy (non-hydrogen) atoms. The number of benzene rings is 2. The van der Waals surface area contributed by atoms with Gasteiger partial charge in [-0.05, 0) is 36.6 Å². The van der Waals surface area contributed by atoms with Gasteiger partial charge in [-0.3, -0.25) is 4.79 Å². The van der Waals surface area contributed by atoms with Crippen LogP contribution in [0.4, 0.5) is 10.1 Å². The zero-order valence-corrected chi connectivity index (χ0v) is 11.3. The highest BCUT2D eigenvalue weighted by Crippen LogP contribution is 2.16. The third-order valence-electron chi connectivity index (χ3n) is 3.06. The number of hydrogen-bond donors (Lipinski definition) is 2. The van der Waals surface area contributed by atoms with Gasteiger partial charge in [-0.25, -0.2) is 4.39 Å². The molecule has 0 spiro atoms. The van der Waals surface area contributed by atoms with Crippen molar-refractivity contribution in [3.63, 3.8) is 0 Å². The summed E-state index contributed by atoms with van der Waals surface area (Å²) in [5.41, 5.74) is 7.52. The van der Waals surface area contributed by atoms with E-state index in [4.69, 9.17) is 5.73 Å². The fourth-order valence-corrected chi connectivity index (χ4v) is 2.02. The van der Waals surface area contributed by atoms with Gasteiger partial charge < -0.3 is 11.1 Å². The lowest BCUT2D eigenvalue weighted by Crippen LogP contribution is -2.27. The topological polar surface area (TPSA) is 55.1 Å². The van der Waals surface area contributed by atoms with Crippen LogP contribution in [0.25, 0.3) is 0 Å². The van der Waals surface area contributed by atoms with Gasteiger partial charge >= 0.3 is 0 Å². The van der Waals surface area contributed by atoms with E-state index in [1.165, 1.54) is 12.1 Å². The molecule has 0 saturated heterocycles. The summed E-state index contributed by atoms with van der Waals surface area (Å²) in [5.74, 6) is -0.953. The first-order chi connectivity index (χ1) is 9.58. The molecule has 3 N–H and O–H groups in total. The van der Waals surface area contributed by atoms with E-state index in [1.807, 2.05) is 30.3 Å². The second-order valence-electron chi connectivity index (χ2n) is 4.69. The molecule has 0 atom stereocenters. The van der Waals surface area contributed by atoms with Gasteiger partial charge in [-0.2, -0.15) is 0 Å². The number of nitrogens with two attached hydrogens (primary N) is 1. The molecule has 0 fully saturated rings. The zero-order chi connectivity index (χ0) is 14.5. The van der Waals surface area contributed by atoms with Gasteiger partial charge in [0.1, 0.15) is 5.82 Å². The molecule has 0 bridgehead atoms. The molecule has 2 rings (SSSR count). The van der Waals surface area contributed by atoms with Crippen LogP contribution in [0.2, 0.25) is 0 Å². The molecule has 3 nitrogen and oxygen atoms in total. The maximum Gasteiger partial charge on any atom is 0.254 e. The fourth-order valence-electron chi connectivity index (χ4n) is 2.02. The van der Waals surface area contributed by atoms with Crippen molar-refractivity contribution in [2.45, 2.75) is 13.3 Å². The third-order valence-corrected chi connectivity index (χ3v) is 3.06. The molecule has 104 valence electrons. The Kier molecular flexibility index (Phi) is 4.35. The number of carbonyl (C=O) groups is 1. The number of halogens is 1. The number of carbonyl (C=O) groups excluding carboxylic acids is 1. The lowest BCUT2D eigenvalue weighted by atomic mass is 10.1. The van der Waals surface area contributed by atoms with E-state index >= 15 is 0 Å². The lowest BCUT2D eigenvalue weighted by Gasteiger charge is -2.09. The van der Waals surface area contributed by atoms with E-state index in [0.717, 1.165) is 5.56 Å². The van der Waals surface area contributed by atoms with Crippen LogP contribution >= 0.6 is 0 Å². The van der Waals surface area contributed by atoms with Crippen molar-refractivity contribution in [1.82, 2.24) is 5.32 Å². The molecule has 0 aliphatic rings. The highest BCUT2D eigenvalue weighted by atomic mass is 19.1. The van der Waals surface area contributed by atoms with Gasteiger partial charge in [0.15, 0.2) is 0 Å². The Bertz CT molecular complexity index is 611. The van der Waals surface area contributed by atoms with E-state index in [2.05, 4.69) is 5.32 Å². The summed E-state index contributed by atoms with van der Waals surface area (Å²) in [7, 11) is 0. The normalized spacial score (nSPS) is 10.3. The summed E-state index contributed by atoms with van der Waals surface area (Å²) in [6, 6.07) is 12.7. The predicted molar refractivity (Wildman–Crippen MR) is 78.0 cm³/mol.